The highest BCUT2D eigenvalue weighted by Gasteiger charge is 2.29. The van der Waals surface area contributed by atoms with Crippen LogP contribution in [0.2, 0.25) is 5.02 Å². The van der Waals surface area contributed by atoms with E-state index in [9.17, 15) is 9.59 Å². The standard InChI is InChI=1S/C17H24ClNO4/c1-6-10(2)15(17(21)22-5)19-16(20)12(4)23-14-8-7-13(18)9-11(14)3/h7-10,12,15H,6H2,1-5H3,(H,19,20). The van der Waals surface area contributed by atoms with Crippen LogP contribution in [0.5, 0.6) is 5.75 Å². The average Bonchev–Trinajstić information content (AvgIpc) is 2.53. The normalized spacial score (nSPS) is 14.5. The third-order valence-corrected chi connectivity index (χ3v) is 4.01. The molecule has 1 N–H and O–H groups in total. The second-order valence-electron chi connectivity index (χ2n) is 5.56. The van der Waals surface area contributed by atoms with Crippen molar-refractivity contribution in [1.82, 2.24) is 5.32 Å². The summed E-state index contributed by atoms with van der Waals surface area (Å²) in [5.41, 5.74) is 0.837. The second-order valence-corrected chi connectivity index (χ2v) is 6.00. The van der Waals surface area contributed by atoms with E-state index in [-0.39, 0.29) is 11.8 Å². The third-order valence-electron chi connectivity index (χ3n) is 3.78. The van der Waals surface area contributed by atoms with Crippen molar-refractivity contribution in [2.75, 3.05) is 7.11 Å². The van der Waals surface area contributed by atoms with E-state index in [2.05, 4.69) is 5.32 Å². The van der Waals surface area contributed by atoms with Gasteiger partial charge in [-0.3, -0.25) is 4.79 Å². The van der Waals surface area contributed by atoms with Crippen LogP contribution in [-0.4, -0.2) is 31.1 Å². The molecule has 0 spiro atoms. The Morgan fingerprint density at radius 1 is 1.30 bits per heavy atom. The molecular weight excluding hydrogens is 318 g/mol. The summed E-state index contributed by atoms with van der Waals surface area (Å²) in [6.07, 6.45) is -0.00272. The predicted octanol–water partition coefficient (Wildman–Crippen LogP) is 3.12. The number of hydrogen-bond donors (Lipinski definition) is 1. The van der Waals surface area contributed by atoms with Gasteiger partial charge in [-0.05, 0) is 43.5 Å². The number of nitrogens with one attached hydrogen (secondary N) is 1. The number of hydrogen-bond acceptors (Lipinski definition) is 4. The number of benzene rings is 1. The summed E-state index contributed by atoms with van der Waals surface area (Å²) in [7, 11) is 1.31. The molecule has 0 bridgehead atoms. The minimum Gasteiger partial charge on any atom is -0.481 e. The van der Waals surface area contributed by atoms with Gasteiger partial charge in [0.1, 0.15) is 11.8 Å². The van der Waals surface area contributed by atoms with Crippen LogP contribution in [0.3, 0.4) is 0 Å². The number of aryl methyl sites for hydroxylation is 1. The van der Waals surface area contributed by atoms with Crippen LogP contribution in [-0.2, 0) is 14.3 Å². The molecule has 0 radical (unpaired) electrons. The van der Waals surface area contributed by atoms with E-state index in [4.69, 9.17) is 21.1 Å². The van der Waals surface area contributed by atoms with E-state index < -0.39 is 18.1 Å². The summed E-state index contributed by atoms with van der Waals surface area (Å²) in [5.74, 6) is -0.274. The lowest BCUT2D eigenvalue weighted by atomic mass is 9.99. The first-order valence-corrected chi connectivity index (χ1v) is 7.98. The zero-order chi connectivity index (χ0) is 17.6. The molecule has 23 heavy (non-hydrogen) atoms. The van der Waals surface area contributed by atoms with Crippen molar-refractivity contribution in [3.05, 3.63) is 28.8 Å². The van der Waals surface area contributed by atoms with Crippen molar-refractivity contribution >= 4 is 23.5 Å². The molecule has 0 heterocycles. The third kappa shape index (κ3) is 5.43. The maximum absolute atomic E-state index is 12.3. The highest BCUT2D eigenvalue weighted by atomic mass is 35.5. The minimum atomic E-state index is -0.744. The van der Waals surface area contributed by atoms with E-state index in [0.717, 1.165) is 12.0 Å². The zero-order valence-electron chi connectivity index (χ0n) is 14.2. The van der Waals surface area contributed by atoms with Gasteiger partial charge in [0.15, 0.2) is 6.10 Å². The van der Waals surface area contributed by atoms with Crippen molar-refractivity contribution in [2.45, 2.75) is 46.3 Å². The van der Waals surface area contributed by atoms with E-state index in [1.165, 1.54) is 7.11 Å². The summed E-state index contributed by atoms with van der Waals surface area (Å²) >= 11 is 5.90. The van der Waals surface area contributed by atoms with E-state index in [0.29, 0.717) is 10.8 Å². The largest absolute Gasteiger partial charge is 0.481 e. The number of carbonyl (C=O) groups is 2. The van der Waals surface area contributed by atoms with Crippen LogP contribution in [0.15, 0.2) is 18.2 Å². The molecule has 3 unspecified atom stereocenters. The van der Waals surface area contributed by atoms with Crippen molar-refractivity contribution < 1.29 is 19.1 Å². The van der Waals surface area contributed by atoms with Gasteiger partial charge in [-0.2, -0.15) is 0 Å². The van der Waals surface area contributed by atoms with Gasteiger partial charge in [0, 0.05) is 5.02 Å². The van der Waals surface area contributed by atoms with Crippen LogP contribution >= 0.6 is 11.6 Å². The molecule has 1 aromatic carbocycles. The molecule has 6 heteroatoms. The summed E-state index contributed by atoms with van der Waals surface area (Å²) < 4.78 is 10.4. The van der Waals surface area contributed by atoms with Gasteiger partial charge in [-0.1, -0.05) is 31.9 Å². The molecule has 128 valence electrons. The van der Waals surface area contributed by atoms with Crippen molar-refractivity contribution in [1.29, 1.82) is 0 Å². The summed E-state index contributed by atoms with van der Waals surface area (Å²) in [5, 5.41) is 3.31. The number of rotatable bonds is 7. The average molecular weight is 342 g/mol. The maximum atomic E-state index is 12.3. The van der Waals surface area contributed by atoms with Crippen LogP contribution in [0, 0.1) is 12.8 Å². The summed E-state index contributed by atoms with van der Waals surface area (Å²) in [4.78, 5) is 24.1. The molecule has 0 saturated heterocycles. The van der Waals surface area contributed by atoms with Crippen LogP contribution in [0.4, 0.5) is 0 Å². The monoisotopic (exact) mass is 341 g/mol. The van der Waals surface area contributed by atoms with Gasteiger partial charge < -0.3 is 14.8 Å². The Bertz CT molecular complexity index is 562. The molecule has 0 saturated carbocycles. The van der Waals surface area contributed by atoms with Crippen molar-refractivity contribution in [2.24, 2.45) is 5.92 Å². The molecule has 0 aliphatic carbocycles. The fourth-order valence-electron chi connectivity index (χ4n) is 2.06. The van der Waals surface area contributed by atoms with Gasteiger partial charge >= 0.3 is 5.97 Å². The number of amides is 1. The Balaban J connectivity index is 2.76. The molecule has 1 amide bonds. The van der Waals surface area contributed by atoms with Crippen LogP contribution in [0.1, 0.15) is 32.8 Å². The Morgan fingerprint density at radius 3 is 2.48 bits per heavy atom. The lowest BCUT2D eigenvalue weighted by Gasteiger charge is -2.24. The topological polar surface area (TPSA) is 64.6 Å². The first-order chi connectivity index (χ1) is 10.8. The van der Waals surface area contributed by atoms with Crippen LogP contribution in [0.25, 0.3) is 0 Å². The van der Waals surface area contributed by atoms with Gasteiger partial charge in [0.05, 0.1) is 7.11 Å². The molecule has 0 aliphatic heterocycles. The second kappa shape index (κ2) is 8.77. The minimum absolute atomic E-state index is 0.0316. The fraction of sp³-hybridized carbons (Fsp3) is 0.529. The molecule has 5 nitrogen and oxygen atoms in total. The Labute approximate surface area is 142 Å². The van der Waals surface area contributed by atoms with Gasteiger partial charge in [0.25, 0.3) is 5.91 Å². The highest BCUT2D eigenvalue weighted by molar-refractivity contribution is 6.30. The molecule has 1 rings (SSSR count). The molecule has 1 aromatic rings. The molecular formula is C17H24ClNO4. The SMILES string of the molecule is CCC(C)C(NC(=O)C(C)Oc1ccc(Cl)cc1C)C(=O)OC. The number of ether oxygens (including phenoxy) is 2. The van der Waals surface area contributed by atoms with Crippen molar-refractivity contribution in [3.63, 3.8) is 0 Å². The quantitative estimate of drug-likeness (QED) is 0.774. The summed E-state index contributed by atoms with van der Waals surface area (Å²) in [6, 6.07) is 4.49. The number of methoxy groups -OCH3 is 1. The molecule has 0 aliphatic rings. The first-order valence-electron chi connectivity index (χ1n) is 7.61. The fourth-order valence-corrected chi connectivity index (χ4v) is 2.28. The maximum Gasteiger partial charge on any atom is 0.328 e. The Hall–Kier alpha value is -1.75. The first kappa shape index (κ1) is 19.3. The molecule has 3 atom stereocenters. The number of esters is 1. The van der Waals surface area contributed by atoms with E-state index in [1.807, 2.05) is 20.8 Å². The predicted molar refractivity (Wildman–Crippen MR) is 89.7 cm³/mol. The Morgan fingerprint density at radius 2 is 1.96 bits per heavy atom. The molecule has 0 fully saturated rings. The number of carbonyl (C=O) groups excluding carboxylic acids is 2. The van der Waals surface area contributed by atoms with Gasteiger partial charge in [-0.15, -0.1) is 0 Å². The van der Waals surface area contributed by atoms with Gasteiger partial charge in [-0.25, -0.2) is 4.79 Å². The van der Waals surface area contributed by atoms with E-state index in [1.54, 1.807) is 25.1 Å². The molecule has 0 aromatic heterocycles. The summed E-state index contributed by atoms with van der Waals surface area (Å²) in [6.45, 7) is 7.32. The van der Waals surface area contributed by atoms with Crippen LogP contribution < -0.4 is 10.1 Å². The van der Waals surface area contributed by atoms with Gasteiger partial charge in [0.2, 0.25) is 0 Å². The van der Waals surface area contributed by atoms with Crippen molar-refractivity contribution in [3.8, 4) is 5.75 Å². The zero-order valence-corrected chi connectivity index (χ0v) is 14.9. The lowest BCUT2D eigenvalue weighted by Crippen LogP contribution is -2.49. The number of halogens is 1. The smallest absolute Gasteiger partial charge is 0.328 e. The Kier molecular flexibility index (Phi) is 7.36. The highest BCUT2D eigenvalue weighted by Crippen LogP contribution is 2.23. The van der Waals surface area contributed by atoms with E-state index >= 15 is 0 Å². The lowest BCUT2D eigenvalue weighted by molar-refractivity contribution is -0.147.